The third-order valence-corrected chi connectivity index (χ3v) is 1.58. The van der Waals surface area contributed by atoms with Crippen LogP contribution in [0.2, 0.25) is 0 Å². The molecule has 3 nitrogen and oxygen atoms in total. The molecule has 1 atom stereocenters. The van der Waals surface area contributed by atoms with E-state index in [9.17, 15) is 0 Å². The van der Waals surface area contributed by atoms with Gasteiger partial charge in [0.1, 0.15) is 0 Å². The van der Waals surface area contributed by atoms with Gasteiger partial charge in [-0.25, -0.2) is 0 Å². The van der Waals surface area contributed by atoms with Gasteiger partial charge >= 0.3 is 0 Å². The second kappa shape index (κ2) is 2.82. The summed E-state index contributed by atoms with van der Waals surface area (Å²) in [6.07, 6.45) is 1.04. The van der Waals surface area contributed by atoms with Gasteiger partial charge in [0.15, 0.2) is 0 Å². The van der Waals surface area contributed by atoms with Gasteiger partial charge in [0.2, 0.25) is 11.8 Å². The minimum atomic E-state index is 0.390. The van der Waals surface area contributed by atoms with Crippen molar-refractivity contribution < 1.29 is 4.42 Å². The van der Waals surface area contributed by atoms with Gasteiger partial charge in [-0.1, -0.05) is 13.8 Å². The van der Waals surface area contributed by atoms with Crippen LogP contribution in [-0.4, -0.2) is 10.2 Å². The summed E-state index contributed by atoms with van der Waals surface area (Å²) in [5.74, 6) is 1.79. The van der Waals surface area contributed by atoms with E-state index in [1.54, 1.807) is 6.92 Å². The van der Waals surface area contributed by atoms with Crippen molar-refractivity contribution in [1.29, 1.82) is 0 Å². The molecule has 0 aromatic carbocycles. The fourth-order valence-corrected chi connectivity index (χ4v) is 0.686. The summed E-state index contributed by atoms with van der Waals surface area (Å²) < 4.78 is 5.21. The highest BCUT2D eigenvalue weighted by Gasteiger charge is 2.08. The van der Waals surface area contributed by atoms with E-state index in [1.165, 1.54) is 0 Å². The van der Waals surface area contributed by atoms with Gasteiger partial charge in [-0.05, 0) is 6.42 Å². The Hall–Kier alpha value is -0.860. The van der Waals surface area contributed by atoms with Crippen LogP contribution in [0.3, 0.4) is 0 Å². The Morgan fingerprint density at radius 3 is 2.60 bits per heavy atom. The molecule has 56 valence electrons. The average molecular weight is 140 g/mol. The van der Waals surface area contributed by atoms with Crippen molar-refractivity contribution in [3.63, 3.8) is 0 Å². The Kier molecular flexibility index (Phi) is 2.04. The van der Waals surface area contributed by atoms with Gasteiger partial charge in [-0.2, -0.15) is 0 Å². The summed E-state index contributed by atoms with van der Waals surface area (Å²) >= 11 is 0. The van der Waals surface area contributed by atoms with Crippen molar-refractivity contribution in [1.82, 2.24) is 10.2 Å². The molecule has 0 saturated heterocycles. The molecule has 0 aliphatic heterocycles. The Morgan fingerprint density at radius 2 is 2.20 bits per heavy atom. The lowest BCUT2D eigenvalue weighted by Crippen LogP contribution is -1.90. The van der Waals surface area contributed by atoms with E-state index in [4.69, 9.17) is 4.42 Å². The lowest BCUT2D eigenvalue weighted by atomic mass is 10.1. The van der Waals surface area contributed by atoms with Gasteiger partial charge in [0.05, 0.1) is 0 Å². The van der Waals surface area contributed by atoms with Crippen LogP contribution in [0.15, 0.2) is 4.42 Å². The van der Waals surface area contributed by atoms with Crippen LogP contribution in [0.1, 0.15) is 38.0 Å². The van der Waals surface area contributed by atoms with E-state index in [1.807, 2.05) is 0 Å². The summed E-state index contributed by atoms with van der Waals surface area (Å²) in [4.78, 5) is 0. The second-order valence-corrected chi connectivity index (χ2v) is 2.47. The number of hydrogen-bond acceptors (Lipinski definition) is 3. The molecule has 0 spiro atoms. The molecule has 1 heterocycles. The van der Waals surface area contributed by atoms with E-state index in [2.05, 4.69) is 24.0 Å². The van der Waals surface area contributed by atoms with Crippen LogP contribution in [0, 0.1) is 6.92 Å². The van der Waals surface area contributed by atoms with Crippen LogP contribution in [0.4, 0.5) is 0 Å². The third-order valence-electron chi connectivity index (χ3n) is 1.58. The number of hydrogen-bond donors (Lipinski definition) is 0. The average Bonchev–Trinajstić information content (AvgIpc) is 2.34. The molecule has 0 aliphatic rings. The van der Waals surface area contributed by atoms with Crippen molar-refractivity contribution in [3.05, 3.63) is 11.8 Å². The molecule has 0 aliphatic carbocycles. The van der Waals surface area contributed by atoms with E-state index < -0.39 is 0 Å². The molecule has 0 radical (unpaired) electrons. The largest absolute Gasteiger partial charge is 0.425 e. The van der Waals surface area contributed by atoms with E-state index in [0.29, 0.717) is 11.8 Å². The lowest BCUT2D eigenvalue weighted by Gasteiger charge is -1.98. The van der Waals surface area contributed by atoms with Crippen molar-refractivity contribution >= 4 is 0 Å². The zero-order valence-electron chi connectivity index (χ0n) is 6.59. The van der Waals surface area contributed by atoms with Gasteiger partial charge in [-0.3, -0.25) is 0 Å². The van der Waals surface area contributed by atoms with Crippen LogP contribution in [0.25, 0.3) is 0 Å². The molecule has 0 fully saturated rings. The molecule has 0 saturated carbocycles. The number of nitrogens with zero attached hydrogens (tertiary/aromatic N) is 2. The SMILES string of the molecule is CC[C@@H](C)c1nnc(C)o1. The van der Waals surface area contributed by atoms with Crippen molar-refractivity contribution in [2.45, 2.75) is 33.1 Å². The normalized spacial score (nSPS) is 13.5. The van der Waals surface area contributed by atoms with Gasteiger partial charge < -0.3 is 4.42 Å². The molecule has 1 aromatic heterocycles. The monoisotopic (exact) mass is 140 g/mol. The first kappa shape index (κ1) is 7.25. The highest BCUT2D eigenvalue weighted by Crippen LogP contribution is 2.15. The van der Waals surface area contributed by atoms with Crippen molar-refractivity contribution in [2.75, 3.05) is 0 Å². The predicted octanol–water partition coefficient (Wildman–Crippen LogP) is 1.89. The van der Waals surface area contributed by atoms with Gasteiger partial charge in [0.25, 0.3) is 0 Å². The zero-order chi connectivity index (χ0) is 7.56. The summed E-state index contributed by atoms with van der Waals surface area (Å²) in [5.41, 5.74) is 0. The number of aromatic nitrogens is 2. The fraction of sp³-hybridized carbons (Fsp3) is 0.714. The van der Waals surface area contributed by atoms with Crippen molar-refractivity contribution in [2.24, 2.45) is 0 Å². The highest BCUT2D eigenvalue weighted by molar-refractivity contribution is 4.86. The first-order valence-electron chi connectivity index (χ1n) is 3.54. The van der Waals surface area contributed by atoms with E-state index in [0.717, 1.165) is 12.3 Å². The molecule has 0 amide bonds. The number of rotatable bonds is 2. The Labute approximate surface area is 60.5 Å². The maximum absolute atomic E-state index is 5.21. The van der Waals surface area contributed by atoms with E-state index in [-0.39, 0.29) is 0 Å². The molecule has 0 unspecified atom stereocenters. The maximum atomic E-state index is 5.21. The fourth-order valence-electron chi connectivity index (χ4n) is 0.686. The zero-order valence-corrected chi connectivity index (χ0v) is 6.59. The Balaban J connectivity index is 2.74. The first-order valence-corrected chi connectivity index (χ1v) is 3.54. The van der Waals surface area contributed by atoms with Gasteiger partial charge in [-0.15, -0.1) is 10.2 Å². The topological polar surface area (TPSA) is 38.9 Å². The summed E-state index contributed by atoms with van der Waals surface area (Å²) in [6.45, 7) is 5.98. The highest BCUT2D eigenvalue weighted by atomic mass is 16.4. The number of aryl methyl sites for hydroxylation is 1. The Morgan fingerprint density at radius 1 is 1.50 bits per heavy atom. The molecule has 0 bridgehead atoms. The standard InChI is InChI=1S/C7H12N2O/c1-4-5(2)7-9-8-6(3)10-7/h5H,4H2,1-3H3/t5-/m1/s1. The minimum Gasteiger partial charge on any atom is -0.425 e. The molecular weight excluding hydrogens is 128 g/mol. The minimum absolute atomic E-state index is 0.390. The van der Waals surface area contributed by atoms with Crippen molar-refractivity contribution in [3.8, 4) is 0 Å². The predicted molar refractivity (Wildman–Crippen MR) is 37.7 cm³/mol. The van der Waals surface area contributed by atoms with Gasteiger partial charge in [0, 0.05) is 12.8 Å². The first-order chi connectivity index (χ1) is 4.74. The smallest absolute Gasteiger partial charge is 0.219 e. The molecule has 1 aromatic rings. The molecule has 0 N–H and O–H groups in total. The molecule has 1 rings (SSSR count). The molecule has 10 heavy (non-hydrogen) atoms. The van der Waals surface area contributed by atoms with Crippen LogP contribution >= 0.6 is 0 Å². The van der Waals surface area contributed by atoms with Crippen LogP contribution < -0.4 is 0 Å². The van der Waals surface area contributed by atoms with E-state index >= 15 is 0 Å². The molecular formula is C7H12N2O. The summed E-state index contributed by atoms with van der Waals surface area (Å²) in [5, 5.41) is 7.64. The lowest BCUT2D eigenvalue weighted by molar-refractivity contribution is 0.433. The summed E-state index contributed by atoms with van der Waals surface area (Å²) in [6, 6.07) is 0. The molecule has 3 heteroatoms. The third kappa shape index (κ3) is 1.35. The Bertz CT molecular complexity index is 207. The maximum Gasteiger partial charge on any atom is 0.219 e. The quantitative estimate of drug-likeness (QED) is 0.629. The second-order valence-electron chi connectivity index (χ2n) is 2.47. The van der Waals surface area contributed by atoms with Crippen LogP contribution in [-0.2, 0) is 0 Å². The summed E-state index contributed by atoms with van der Waals surface area (Å²) in [7, 11) is 0. The van der Waals surface area contributed by atoms with Crippen LogP contribution in [0.5, 0.6) is 0 Å².